The lowest BCUT2D eigenvalue weighted by Crippen LogP contribution is -1.87. The molecule has 0 saturated carbocycles. The van der Waals surface area contributed by atoms with E-state index in [1.54, 1.807) is 23.5 Å². The minimum Gasteiger partial charge on any atom is -0.333 e. The second-order valence-electron chi connectivity index (χ2n) is 6.80. The van der Waals surface area contributed by atoms with Gasteiger partial charge in [-0.3, -0.25) is 0 Å². The summed E-state index contributed by atoms with van der Waals surface area (Å²) in [5.74, 6) is 1.68. The van der Waals surface area contributed by atoms with Crippen LogP contribution in [-0.4, -0.2) is 19.9 Å². The third-order valence-electron chi connectivity index (χ3n) is 4.59. The van der Waals surface area contributed by atoms with Crippen LogP contribution in [0.3, 0.4) is 0 Å². The number of imidazole rings is 2. The number of rotatable bonds is 6. The van der Waals surface area contributed by atoms with Gasteiger partial charge in [0.2, 0.25) is 0 Å². The van der Waals surface area contributed by atoms with Crippen molar-refractivity contribution in [3.05, 3.63) is 81.8 Å². The van der Waals surface area contributed by atoms with Crippen LogP contribution in [0.2, 0.25) is 10.0 Å². The van der Waals surface area contributed by atoms with Gasteiger partial charge in [-0.25, -0.2) is 9.97 Å². The maximum absolute atomic E-state index is 6.05. The summed E-state index contributed by atoms with van der Waals surface area (Å²) in [6.07, 6.45) is 0. The van der Waals surface area contributed by atoms with Gasteiger partial charge < -0.3 is 9.97 Å². The first-order chi connectivity index (χ1) is 14.6. The normalized spacial score (nSPS) is 11.5. The van der Waals surface area contributed by atoms with Gasteiger partial charge in [-0.2, -0.15) is 0 Å². The highest BCUT2D eigenvalue weighted by atomic mass is 35.5. The first-order valence-corrected chi connectivity index (χ1v) is 12.0. The molecule has 5 aromatic rings. The number of aromatic nitrogens is 4. The zero-order valence-electron chi connectivity index (χ0n) is 15.7. The molecule has 0 bridgehead atoms. The average molecular weight is 471 g/mol. The molecule has 0 aliphatic rings. The van der Waals surface area contributed by atoms with Crippen molar-refractivity contribution in [2.45, 2.75) is 21.8 Å². The summed E-state index contributed by atoms with van der Waals surface area (Å²) in [5, 5.41) is 3.21. The van der Waals surface area contributed by atoms with Gasteiger partial charge >= 0.3 is 0 Å². The van der Waals surface area contributed by atoms with Crippen LogP contribution < -0.4 is 0 Å². The number of fused-ring (bicyclic) bond motifs is 2. The molecule has 2 aromatic heterocycles. The van der Waals surface area contributed by atoms with Crippen molar-refractivity contribution >= 4 is 68.8 Å². The molecule has 8 heteroatoms. The minimum absolute atomic E-state index is 0.709. The summed E-state index contributed by atoms with van der Waals surface area (Å²) in [5.41, 5.74) is 6.30. The molecule has 150 valence electrons. The molecule has 0 spiro atoms. The lowest BCUT2D eigenvalue weighted by molar-refractivity contribution is 1.08. The van der Waals surface area contributed by atoms with Gasteiger partial charge in [0.15, 0.2) is 10.3 Å². The Morgan fingerprint density at radius 3 is 1.67 bits per heavy atom. The second-order valence-corrected chi connectivity index (χ2v) is 9.61. The molecular weight excluding hydrogens is 455 g/mol. The summed E-state index contributed by atoms with van der Waals surface area (Å²) in [6, 6.07) is 20.0. The van der Waals surface area contributed by atoms with Crippen molar-refractivity contribution in [2.24, 2.45) is 0 Å². The highest BCUT2D eigenvalue weighted by molar-refractivity contribution is 7.98. The van der Waals surface area contributed by atoms with E-state index in [1.165, 1.54) is 11.1 Å². The maximum atomic E-state index is 6.05. The Morgan fingerprint density at radius 2 is 1.17 bits per heavy atom. The molecule has 0 saturated heterocycles. The highest BCUT2D eigenvalue weighted by Gasteiger charge is 2.07. The van der Waals surface area contributed by atoms with E-state index < -0.39 is 0 Å². The average Bonchev–Trinajstić information content (AvgIpc) is 3.33. The fourth-order valence-corrected chi connectivity index (χ4v) is 5.17. The lowest BCUT2D eigenvalue weighted by Gasteiger charge is -2.04. The van der Waals surface area contributed by atoms with E-state index in [2.05, 4.69) is 44.2 Å². The van der Waals surface area contributed by atoms with Crippen LogP contribution in [0.4, 0.5) is 0 Å². The number of halogens is 2. The Kier molecular flexibility index (Phi) is 5.65. The van der Waals surface area contributed by atoms with Crippen molar-refractivity contribution in [1.82, 2.24) is 19.9 Å². The number of hydrogen-bond acceptors (Lipinski definition) is 4. The lowest BCUT2D eigenvalue weighted by atomic mass is 10.2. The van der Waals surface area contributed by atoms with Gasteiger partial charge in [0.05, 0.1) is 22.1 Å². The Morgan fingerprint density at radius 1 is 0.667 bits per heavy atom. The fourth-order valence-electron chi connectivity index (χ4n) is 3.17. The molecule has 0 atom stereocenters. The molecule has 0 fully saturated rings. The van der Waals surface area contributed by atoms with E-state index in [4.69, 9.17) is 23.2 Å². The summed E-state index contributed by atoms with van der Waals surface area (Å²) < 4.78 is 0. The van der Waals surface area contributed by atoms with E-state index in [-0.39, 0.29) is 0 Å². The van der Waals surface area contributed by atoms with Crippen LogP contribution in [0.25, 0.3) is 22.1 Å². The van der Waals surface area contributed by atoms with Crippen molar-refractivity contribution < 1.29 is 0 Å². The zero-order valence-corrected chi connectivity index (χ0v) is 18.8. The van der Waals surface area contributed by atoms with Gasteiger partial charge in [0.25, 0.3) is 0 Å². The smallest absolute Gasteiger partial charge is 0.166 e. The third kappa shape index (κ3) is 4.47. The van der Waals surface area contributed by atoms with E-state index in [1.807, 2.05) is 36.4 Å². The number of hydrogen-bond donors (Lipinski definition) is 2. The van der Waals surface area contributed by atoms with Gasteiger partial charge in [0.1, 0.15) is 0 Å². The topological polar surface area (TPSA) is 57.4 Å². The molecule has 0 amide bonds. The van der Waals surface area contributed by atoms with Crippen LogP contribution in [0.15, 0.2) is 71.0 Å². The molecule has 0 radical (unpaired) electrons. The molecule has 0 unspecified atom stereocenters. The first kappa shape index (κ1) is 19.8. The Balaban J connectivity index is 1.24. The van der Waals surface area contributed by atoms with Crippen LogP contribution in [0.5, 0.6) is 0 Å². The van der Waals surface area contributed by atoms with Crippen LogP contribution >= 0.6 is 46.7 Å². The highest BCUT2D eigenvalue weighted by Crippen LogP contribution is 2.27. The standard InChI is InChI=1S/C22H16Cl2N4S2/c23-15-4-6-17-19(9-15)27-21(25-17)29-11-13-2-1-3-14(8-13)12-30-22-26-18-7-5-16(24)10-20(18)28-22/h1-10H,11-12H2,(H,25,27)(H,26,28). The Hall–Kier alpha value is -2.12. The molecule has 30 heavy (non-hydrogen) atoms. The van der Waals surface area contributed by atoms with Gasteiger partial charge in [-0.1, -0.05) is 71.0 Å². The molecular formula is C22H16Cl2N4S2. The fraction of sp³-hybridized carbons (Fsp3) is 0.0909. The number of nitrogens with one attached hydrogen (secondary N) is 2. The van der Waals surface area contributed by atoms with Gasteiger partial charge in [0, 0.05) is 21.6 Å². The summed E-state index contributed by atoms with van der Waals surface area (Å²) in [7, 11) is 0. The largest absolute Gasteiger partial charge is 0.333 e. The molecule has 4 nitrogen and oxygen atoms in total. The van der Waals surface area contributed by atoms with Crippen molar-refractivity contribution in [2.75, 3.05) is 0 Å². The number of nitrogens with zero attached hydrogens (tertiary/aromatic N) is 2. The number of thioether (sulfide) groups is 2. The van der Waals surface area contributed by atoms with Crippen LogP contribution in [0.1, 0.15) is 11.1 Å². The molecule has 5 rings (SSSR count). The maximum Gasteiger partial charge on any atom is 0.166 e. The van der Waals surface area contributed by atoms with Crippen LogP contribution in [0, 0.1) is 0 Å². The number of H-pyrrole nitrogens is 2. The van der Waals surface area contributed by atoms with Gasteiger partial charge in [-0.15, -0.1) is 0 Å². The summed E-state index contributed by atoms with van der Waals surface area (Å²) >= 11 is 15.5. The number of benzene rings is 3. The molecule has 3 aromatic carbocycles. The van der Waals surface area contributed by atoms with Crippen molar-refractivity contribution in [3.8, 4) is 0 Å². The quantitative estimate of drug-likeness (QED) is 0.255. The Labute approximate surface area is 191 Å². The van der Waals surface area contributed by atoms with Crippen LogP contribution in [-0.2, 0) is 11.5 Å². The predicted octanol–water partition coefficient (Wildman–Crippen LogP) is 7.33. The second kappa shape index (κ2) is 8.55. The SMILES string of the molecule is Clc1ccc2nc(SCc3cccc(CSc4nc5ccc(Cl)cc5[nH]4)c3)[nH]c2c1. The third-order valence-corrected chi connectivity index (χ3v) is 6.95. The zero-order chi connectivity index (χ0) is 20.5. The van der Waals surface area contributed by atoms with Crippen molar-refractivity contribution in [3.63, 3.8) is 0 Å². The minimum atomic E-state index is 0.709. The predicted molar refractivity (Wildman–Crippen MR) is 128 cm³/mol. The Bertz CT molecular complexity index is 1250. The van der Waals surface area contributed by atoms with Gasteiger partial charge in [-0.05, 0) is 47.5 Å². The summed E-state index contributed by atoms with van der Waals surface area (Å²) in [4.78, 5) is 15.9. The number of aromatic amines is 2. The van der Waals surface area contributed by atoms with E-state index in [0.29, 0.717) is 10.0 Å². The molecule has 0 aliphatic carbocycles. The molecule has 0 aliphatic heterocycles. The van der Waals surface area contributed by atoms with Crippen molar-refractivity contribution in [1.29, 1.82) is 0 Å². The molecule has 2 heterocycles. The van der Waals surface area contributed by atoms with E-state index in [9.17, 15) is 0 Å². The van der Waals surface area contributed by atoms with E-state index in [0.717, 1.165) is 43.9 Å². The first-order valence-electron chi connectivity index (χ1n) is 9.26. The van der Waals surface area contributed by atoms with E-state index >= 15 is 0 Å². The monoisotopic (exact) mass is 470 g/mol. The summed E-state index contributed by atoms with van der Waals surface area (Å²) in [6.45, 7) is 0. The molecule has 2 N–H and O–H groups in total.